The van der Waals surface area contributed by atoms with Crippen molar-refractivity contribution in [1.82, 2.24) is 5.32 Å². The summed E-state index contributed by atoms with van der Waals surface area (Å²) in [6, 6.07) is 0. The van der Waals surface area contributed by atoms with E-state index in [9.17, 15) is 0 Å². The van der Waals surface area contributed by atoms with Crippen LogP contribution in [0.3, 0.4) is 0 Å². The highest BCUT2D eigenvalue weighted by atomic mass is 16.5. The molecule has 0 saturated heterocycles. The molecule has 0 aromatic heterocycles. The lowest BCUT2D eigenvalue weighted by Crippen LogP contribution is -2.35. The van der Waals surface area contributed by atoms with Crippen LogP contribution in [0.2, 0.25) is 0 Å². The van der Waals surface area contributed by atoms with E-state index in [1.807, 2.05) is 7.05 Å². The molecule has 0 fully saturated rings. The highest BCUT2D eigenvalue weighted by Crippen LogP contribution is 2.32. The van der Waals surface area contributed by atoms with Crippen LogP contribution in [0.5, 0.6) is 0 Å². The number of hydrogen-bond acceptors (Lipinski definition) is 2. The van der Waals surface area contributed by atoms with E-state index in [0.29, 0.717) is 11.3 Å². The van der Waals surface area contributed by atoms with Crippen molar-refractivity contribution >= 4 is 0 Å². The van der Waals surface area contributed by atoms with E-state index in [-0.39, 0.29) is 0 Å². The van der Waals surface area contributed by atoms with Gasteiger partial charge >= 0.3 is 0 Å². The average molecular weight is 187 g/mol. The normalized spacial score (nSPS) is 18.2. The average Bonchev–Trinajstić information content (AvgIpc) is 2.14. The van der Waals surface area contributed by atoms with Gasteiger partial charge in [-0.1, -0.05) is 20.8 Å². The van der Waals surface area contributed by atoms with Crippen molar-refractivity contribution in [2.24, 2.45) is 11.3 Å². The van der Waals surface area contributed by atoms with E-state index in [2.05, 4.69) is 26.1 Å². The predicted molar refractivity (Wildman–Crippen MR) is 58.0 cm³/mol. The molecule has 2 nitrogen and oxygen atoms in total. The molecule has 80 valence electrons. The summed E-state index contributed by atoms with van der Waals surface area (Å²) >= 11 is 0. The quantitative estimate of drug-likeness (QED) is 0.660. The third-order valence-electron chi connectivity index (χ3n) is 3.33. The zero-order valence-electron chi connectivity index (χ0n) is 9.81. The Hall–Kier alpha value is -0.0800. The highest BCUT2D eigenvalue weighted by molar-refractivity contribution is 4.80. The summed E-state index contributed by atoms with van der Waals surface area (Å²) in [5.41, 5.74) is 0.410. The second-order valence-corrected chi connectivity index (χ2v) is 4.22. The minimum atomic E-state index is 0.410. The van der Waals surface area contributed by atoms with E-state index >= 15 is 0 Å². The van der Waals surface area contributed by atoms with Crippen LogP contribution in [0, 0.1) is 11.3 Å². The molecular weight excluding hydrogens is 162 g/mol. The Kier molecular flexibility index (Phi) is 6.35. The van der Waals surface area contributed by atoms with Crippen molar-refractivity contribution in [3.8, 4) is 0 Å². The summed E-state index contributed by atoms with van der Waals surface area (Å²) in [5.74, 6) is 0.713. The molecule has 0 bridgehead atoms. The molecule has 0 heterocycles. The molecule has 13 heavy (non-hydrogen) atoms. The van der Waals surface area contributed by atoms with Gasteiger partial charge in [0.05, 0.1) is 0 Å². The maximum atomic E-state index is 5.11. The Morgan fingerprint density at radius 1 is 1.46 bits per heavy atom. The SMILES string of the molecule is CCC(C)(CNC)C(C)CCOC. The Morgan fingerprint density at radius 2 is 2.08 bits per heavy atom. The maximum Gasteiger partial charge on any atom is 0.0465 e. The van der Waals surface area contributed by atoms with Crippen molar-refractivity contribution in [1.29, 1.82) is 0 Å². The van der Waals surface area contributed by atoms with Crippen molar-refractivity contribution < 1.29 is 4.74 Å². The zero-order valence-corrected chi connectivity index (χ0v) is 9.81. The fraction of sp³-hybridized carbons (Fsp3) is 1.00. The van der Waals surface area contributed by atoms with E-state index in [4.69, 9.17) is 4.74 Å². The number of rotatable bonds is 7. The summed E-state index contributed by atoms with van der Waals surface area (Å²) in [4.78, 5) is 0. The first-order chi connectivity index (χ1) is 6.10. The Morgan fingerprint density at radius 3 is 2.46 bits per heavy atom. The van der Waals surface area contributed by atoms with Crippen molar-refractivity contribution in [2.45, 2.75) is 33.6 Å². The standard InChI is InChI=1S/C11H25NO/c1-6-11(3,9-12-4)10(2)7-8-13-5/h10,12H,6-9H2,1-5H3. The summed E-state index contributed by atoms with van der Waals surface area (Å²) in [7, 11) is 3.80. The smallest absolute Gasteiger partial charge is 0.0465 e. The third-order valence-corrected chi connectivity index (χ3v) is 3.33. The van der Waals surface area contributed by atoms with Crippen molar-refractivity contribution in [3.63, 3.8) is 0 Å². The fourth-order valence-electron chi connectivity index (χ4n) is 1.69. The number of methoxy groups -OCH3 is 1. The second kappa shape index (κ2) is 6.39. The Bertz CT molecular complexity index is 127. The Labute approximate surface area is 83.1 Å². The lowest BCUT2D eigenvalue weighted by atomic mass is 9.74. The van der Waals surface area contributed by atoms with Gasteiger partial charge in [-0.3, -0.25) is 0 Å². The molecule has 0 aliphatic carbocycles. The van der Waals surface area contributed by atoms with Crippen molar-refractivity contribution in [2.75, 3.05) is 27.3 Å². The molecule has 0 aliphatic heterocycles. The molecule has 0 rings (SSSR count). The molecule has 2 atom stereocenters. The monoisotopic (exact) mass is 187 g/mol. The van der Waals surface area contributed by atoms with Crippen LogP contribution in [-0.2, 0) is 4.74 Å². The van der Waals surface area contributed by atoms with Gasteiger partial charge < -0.3 is 10.1 Å². The Balaban J connectivity index is 4.03. The molecule has 0 aromatic carbocycles. The molecule has 2 unspecified atom stereocenters. The fourth-order valence-corrected chi connectivity index (χ4v) is 1.69. The number of ether oxygens (including phenoxy) is 1. The molecule has 0 radical (unpaired) electrons. The number of nitrogens with one attached hydrogen (secondary N) is 1. The molecule has 1 N–H and O–H groups in total. The highest BCUT2D eigenvalue weighted by Gasteiger charge is 2.27. The van der Waals surface area contributed by atoms with Crippen LogP contribution in [0.1, 0.15) is 33.6 Å². The summed E-state index contributed by atoms with van der Waals surface area (Å²) < 4.78 is 5.11. The van der Waals surface area contributed by atoms with Gasteiger partial charge in [0, 0.05) is 20.3 Å². The molecule has 2 heteroatoms. The second-order valence-electron chi connectivity index (χ2n) is 4.22. The van der Waals surface area contributed by atoms with E-state index in [1.165, 1.54) is 6.42 Å². The van der Waals surface area contributed by atoms with Gasteiger partial charge in [0.25, 0.3) is 0 Å². The van der Waals surface area contributed by atoms with E-state index < -0.39 is 0 Å². The topological polar surface area (TPSA) is 21.3 Å². The van der Waals surface area contributed by atoms with Gasteiger partial charge in [0.2, 0.25) is 0 Å². The van der Waals surface area contributed by atoms with Crippen LogP contribution >= 0.6 is 0 Å². The van der Waals surface area contributed by atoms with Gasteiger partial charge in [-0.25, -0.2) is 0 Å². The van der Waals surface area contributed by atoms with E-state index in [0.717, 1.165) is 19.6 Å². The van der Waals surface area contributed by atoms with Crippen molar-refractivity contribution in [3.05, 3.63) is 0 Å². The molecule has 0 aromatic rings. The van der Waals surface area contributed by atoms with Crippen LogP contribution < -0.4 is 5.32 Å². The lowest BCUT2D eigenvalue weighted by molar-refractivity contribution is 0.122. The van der Waals surface area contributed by atoms with Crippen LogP contribution in [0.4, 0.5) is 0 Å². The minimum absolute atomic E-state index is 0.410. The first-order valence-electron chi connectivity index (χ1n) is 5.24. The van der Waals surface area contributed by atoms with E-state index in [1.54, 1.807) is 7.11 Å². The van der Waals surface area contributed by atoms with Gasteiger partial charge in [-0.2, -0.15) is 0 Å². The minimum Gasteiger partial charge on any atom is -0.385 e. The molecule has 0 aliphatic rings. The largest absolute Gasteiger partial charge is 0.385 e. The number of hydrogen-bond donors (Lipinski definition) is 1. The first-order valence-corrected chi connectivity index (χ1v) is 5.24. The maximum absolute atomic E-state index is 5.11. The molecule has 0 amide bonds. The van der Waals surface area contributed by atoms with Gasteiger partial charge in [0.1, 0.15) is 0 Å². The molecular formula is C11H25NO. The van der Waals surface area contributed by atoms with Crippen LogP contribution in [-0.4, -0.2) is 27.3 Å². The van der Waals surface area contributed by atoms with Crippen LogP contribution in [0.15, 0.2) is 0 Å². The zero-order chi connectivity index (χ0) is 10.3. The lowest BCUT2D eigenvalue weighted by Gasteiger charge is -2.34. The van der Waals surface area contributed by atoms with Gasteiger partial charge in [-0.05, 0) is 31.2 Å². The molecule has 0 saturated carbocycles. The van der Waals surface area contributed by atoms with Gasteiger partial charge in [0.15, 0.2) is 0 Å². The first kappa shape index (κ1) is 12.9. The predicted octanol–water partition coefficient (Wildman–Crippen LogP) is 2.29. The summed E-state index contributed by atoms with van der Waals surface area (Å²) in [6.07, 6.45) is 2.38. The summed E-state index contributed by atoms with van der Waals surface area (Å²) in [6.45, 7) is 8.90. The van der Waals surface area contributed by atoms with Crippen LogP contribution in [0.25, 0.3) is 0 Å². The molecule has 0 spiro atoms. The van der Waals surface area contributed by atoms with Gasteiger partial charge in [-0.15, -0.1) is 0 Å². The summed E-state index contributed by atoms with van der Waals surface area (Å²) in [5, 5.41) is 3.28. The third kappa shape index (κ3) is 4.10.